The van der Waals surface area contributed by atoms with Gasteiger partial charge >= 0.3 is 38.7 Å². The van der Waals surface area contributed by atoms with Crippen molar-refractivity contribution in [3.63, 3.8) is 0 Å². The Kier molecular flexibility index (Phi) is 19.3. The van der Waals surface area contributed by atoms with Crippen LogP contribution in [0, 0.1) is 0 Å². The van der Waals surface area contributed by atoms with E-state index in [4.69, 9.17) is 13.0 Å². The van der Waals surface area contributed by atoms with E-state index in [-0.39, 0.29) is 29.6 Å². The molecular formula is C6H17NaO3S2. The van der Waals surface area contributed by atoms with Gasteiger partial charge in [-0.05, 0) is 11.7 Å². The number of thiol groups is 1. The molecule has 6 heteroatoms. The molecule has 12 heavy (non-hydrogen) atoms. The van der Waals surface area contributed by atoms with Crippen LogP contribution in [0.25, 0.3) is 0 Å². The third-order valence-corrected chi connectivity index (χ3v) is 0.957. The monoisotopic (exact) mass is 224 g/mol. The molecule has 0 atom stereocenters. The predicted octanol–water partition coefficient (Wildman–Crippen LogP) is 1.66. The van der Waals surface area contributed by atoms with E-state index in [9.17, 15) is 0 Å². The molecule has 72 valence electrons. The van der Waals surface area contributed by atoms with Gasteiger partial charge in [0.05, 0.1) is 0 Å². The average molecular weight is 224 g/mol. The van der Waals surface area contributed by atoms with Gasteiger partial charge in [-0.15, -0.1) is 0 Å². The van der Waals surface area contributed by atoms with Crippen molar-refractivity contribution in [3.8, 4) is 0 Å². The number of rotatable bonds is 3. The SMILES string of the molecule is CCCCCC.O=S(=O)(O)S.[NaH]. The zero-order chi connectivity index (χ0) is 9.33. The molecule has 1 N–H and O–H groups in total. The van der Waals surface area contributed by atoms with Gasteiger partial charge in [0.25, 0.3) is 0 Å². The van der Waals surface area contributed by atoms with Gasteiger partial charge in [0.15, 0.2) is 0 Å². The van der Waals surface area contributed by atoms with Gasteiger partial charge in [-0.1, -0.05) is 39.5 Å². The van der Waals surface area contributed by atoms with Crippen LogP contribution < -0.4 is 0 Å². The molecule has 0 spiro atoms. The molecule has 0 aromatic carbocycles. The third-order valence-electron chi connectivity index (χ3n) is 0.957. The predicted molar refractivity (Wildman–Crippen MR) is 57.5 cm³/mol. The van der Waals surface area contributed by atoms with Crippen molar-refractivity contribution >= 4 is 50.4 Å². The van der Waals surface area contributed by atoms with E-state index in [1.54, 1.807) is 0 Å². The van der Waals surface area contributed by atoms with E-state index in [0.717, 1.165) is 0 Å². The van der Waals surface area contributed by atoms with Crippen LogP contribution >= 0.6 is 11.7 Å². The Bertz CT molecular complexity index is 144. The second-order valence-electron chi connectivity index (χ2n) is 2.15. The maximum atomic E-state index is 9.05. The van der Waals surface area contributed by atoms with Gasteiger partial charge in [0.2, 0.25) is 0 Å². The molecule has 0 heterocycles. The van der Waals surface area contributed by atoms with Crippen LogP contribution in [0.5, 0.6) is 0 Å². The van der Waals surface area contributed by atoms with Crippen molar-refractivity contribution < 1.29 is 13.0 Å². The maximum absolute atomic E-state index is 9.05. The van der Waals surface area contributed by atoms with Crippen LogP contribution in [-0.2, 0) is 9.15 Å². The minimum absolute atomic E-state index is 0. The van der Waals surface area contributed by atoms with Crippen LogP contribution in [-0.4, -0.2) is 42.5 Å². The van der Waals surface area contributed by atoms with Gasteiger partial charge in [-0.25, -0.2) is 0 Å². The van der Waals surface area contributed by atoms with E-state index < -0.39 is 9.15 Å². The molecule has 0 aliphatic heterocycles. The van der Waals surface area contributed by atoms with Crippen molar-refractivity contribution in [3.05, 3.63) is 0 Å². The molecule has 0 aliphatic carbocycles. The minimum atomic E-state index is -3.97. The zero-order valence-corrected chi connectivity index (χ0v) is 8.66. The summed E-state index contributed by atoms with van der Waals surface area (Å²) < 4.78 is 25.5. The van der Waals surface area contributed by atoms with E-state index in [1.165, 1.54) is 25.7 Å². The van der Waals surface area contributed by atoms with Crippen molar-refractivity contribution in [1.29, 1.82) is 0 Å². The van der Waals surface area contributed by atoms with Crippen LogP contribution in [0.3, 0.4) is 0 Å². The number of hydrogen-bond donors (Lipinski definition) is 2. The van der Waals surface area contributed by atoms with E-state index in [0.29, 0.717) is 0 Å². The topological polar surface area (TPSA) is 54.4 Å². The Hall–Kier alpha value is 1.26. The Morgan fingerprint density at radius 2 is 1.33 bits per heavy atom. The first-order valence-electron chi connectivity index (χ1n) is 3.61. The Balaban J connectivity index is -0.000000126. The second kappa shape index (κ2) is 12.3. The number of hydrogen-bond acceptors (Lipinski definition) is 2. The Labute approximate surface area is 102 Å². The van der Waals surface area contributed by atoms with E-state index in [2.05, 4.69) is 25.5 Å². The fourth-order valence-corrected chi connectivity index (χ4v) is 0.500. The van der Waals surface area contributed by atoms with Gasteiger partial charge < -0.3 is 0 Å². The van der Waals surface area contributed by atoms with Crippen LogP contribution in [0.2, 0.25) is 0 Å². The Morgan fingerprint density at radius 3 is 1.42 bits per heavy atom. The summed E-state index contributed by atoms with van der Waals surface area (Å²) in [5.74, 6) is 0. The van der Waals surface area contributed by atoms with E-state index >= 15 is 0 Å². The van der Waals surface area contributed by atoms with Crippen LogP contribution in [0.15, 0.2) is 0 Å². The Morgan fingerprint density at radius 1 is 1.17 bits per heavy atom. The average Bonchev–Trinajstić information content (AvgIpc) is 1.79. The van der Waals surface area contributed by atoms with Crippen molar-refractivity contribution in [2.45, 2.75) is 39.5 Å². The van der Waals surface area contributed by atoms with Crippen molar-refractivity contribution in [1.82, 2.24) is 0 Å². The van der Waals surface area contributed by atoms with Crippen molar-refractivity contribution in [2.24, 2.45) is 0 Å². The fourth-order valence-electron chi connectivity index (χ4n) is 0.500. The quantitative estimate of drug-likeness (QED) is 0.252. The van der Waals surface area contributed by atoms with Crippen LogP contribution in [0.4, 0.5) is 0 Å². The van der Waals surface area contributed by atoms with Gasteiger partial charge in [0, 0.05) is 0 Å². The van der Waals surface area contributed by atoms with Crippen molar-refractivity contribution in [2.75, 3.05) is 0 Å². The molecule has 3 nitrogen and oxygen atoms in total. The summed E-state index contributed by atoms with van der Waals surface area (Å²) in [6.07, 6.45) is 5.54. The molecule has 0 saturated heterocycles. The summed E-state index contributed by atoms with van der Waals surface area (Å²) in [5, 5.41) is 0. The molecule has 0 aromatic rings. The second-order valence-corrected chi connectivity index (χ2v) is 4.43. The van der Waals surface area contributed by atoms with Crippen LogP contribution in [0.1, 0.15) is 39.5 Å². The summed E-state index contributed by atoms with van der Waals surface area (Å²) in [4.78, 5) is 0. The first-order valence-corrected chi connectivity index (χ1v) is 6.11. The first kappa shape index (κ1) is 18.9. The molecule has 0 bridgehead atoms. The summed E-state index contributed by atoms with van der Waals surface area (Å²) in [7, 11) is -3.97. The van der Waals surface area contributed by atoms with Gasteiger partial charge in [-0.3, -0.25) is 4.55 Å². The van der Waals surface area contributed by atoms with E-state index in [1.807, 2.05) is 0 Å². The molecule has 0 saturated carbocycles. The summed E-state index contributed by atoms with van der Waals surface area (Å²) in [6, 6.07) is 0. The summed E-state index contributed by atoms with van der Waals surface area (Å²) >= 11 is 2.65. The molecule has 0 unspecified atom stereocenters. The summed E-state index contributed by atoms with van der Waals surface area (Å²) in [5.41, 5.74) is 0. The molecule has 0 rings (SSSR count). The molecular weight excluding hydrogens is 207 g/mol. The normalized spacial score (nSPS) is 9.33. The molecule has 0 aliphatic rings. The van der Waals surface area contributed by atoms with Gasteiger partial charge in [0.1, 0.15) is 0 Å². The molecule has 0 amide bonds. The number of unbranched alkanes of at least 4 members (excludes halogenated alkanes) is 3. The standard InChI is InChI=1S/C6H14.Na.H2O3S2.H/c1-3-5-6-4-2;;1-5(2,3)4;/h3-6H2,1-2H3;;(H2,1,2,3,4);. The molecule has 0 radical (unpaired) electrons. The fraction of sp³-hybridized carbons (Fsp3) is 1.00. The molecule has 0 aromatic heterocycles. The first-order chi connectivity index (χ1) is 4.91. The zero-order valence-electron chi connectivity index (χ0n) is 6.95. The third kappa shape index (κ3) is 65.3. The molecule has 0 fully saturated rings. The van der Waals surface area contributed by atoms with Gasteiger partial charge in [-0.2, -0.15) is 8.42 Å². The summed E-state index contributed by atoms with van der Waals surface area (Å²) in [6.45, 7) is 4.46.